The van der Waals surface area contributed by atoms with Crippen LogP contribution in [0.1, 0.15) is 17.5 Å². The van der Waals surface area contributed by atoms with E-state index in [0.29, 0.717) is 5.56 Å². The summed E-state index contributed by atoms with van der Waals surface area (Å²) in [6.07, 6.45) is 8.50. The van der Waals surface area contributed by atoms with E-state index in [0.717, 1.165) is 0 Å². The summed E-state index contributed by atoms with van der Waals surface area (Å²) in [4.78, 5) is 2.74. The summed E-state index contributed by atoms with van der Waals surface area (Å²) in [6, 6.07) is 13.0. The van der Waals surface area contributed by atoms with Crippen LogP contribution in [-0.4, -0.2) is 25.5 Å². The molecule has 0 N–H and O–H groups in total. The molecule has 0 bridgehead atoms. The molecular formula is C20H23NO3S4. The Labute approximate surface area is 179 Å². The number of fused-ring (bicyclic) bond motifs is 1. The van der Waals surface area contributed by atoms with Crippen LogP contribution in [0.15, 0.2) is 58.3 Å². The Balaban J connectivity index is 0.000000221. The number of aromatic nitrogens is 1. The minimum absolute atomic E-state index is 0.423. The van der Waals surface area contributed by atoms with Crippen LogP contribution in [-0.2, 0) is 15.9 Å². The first kappa shape index (κ1) is 23.0. The Morgan fingerprint density at radius 1 is 1.11 bits per heavy atom. The van der Waals surface area contributed by atoms with Crippen LogP contribution >= 0.6 is 34.9 Å². The Hall–Kier alpha value is -1.32. The van der Waals surface area contributed by atoms with Gasteiger partial charge in [0.1, 0.15) is 4.70 Å². The molecule has 0 amide bonds. The molecule has 0 atom stereocenters. The molecule has 0 aliphatic heterocycles. The summed E-state index contributed by atoms with van der Waals surface area (Å²) in [5.74, 6) is -0.423. The van der Waals surface area contributed by atoms with E-state index >= 15 is 0 Å². The van der Waals surface area contributed by atoms with Crippen molar-refractivity contribution >= 4 is 61.4 Å². The van der Waals surface area contributed by atoms with Crippen LogP contribution in [0.3, 0.4) is 0 Å². The standard InChI is InChI=1S/C13H16NS3.C7H8O3S/c1-5-6-14-9(2)17-11-8-13(16-4)12(15-3)7-10(11)14;8-11(9,10)6-7-4-2-1-3-5-7/h5-8H,1-4H3;1-5H,6H2,(H,8,9,10)/q+1;/p-1. The minimum atomic E-state index is -4.13. The van der Waals surface area contributed by atoms with E-state index in [9.17, 15) is 13.0 Å². The van der Waals surface area contributed by atoms with Gasteiger partial charge in [0.15, 0.2) is 6.20 Å². The van der Waals surface area contributed by atoms with E-state index in [1.54, 1.807) is 30.3 Å². The molecule has 0 aliphatic rings. The average molecular weight is 454 g/mol. The molecule has 0 radical (unpaired) electrons. The zero-order chi connectivity index (χ0) is 20.7. The van der Waals surface area contributed by atoms with Gasteiger partial charge in [0.2, 0.25) is 10.5 Å². The fourth-order valence-electron chi connectivity index (χ4n) is 2.61. The van der Waals surface area contributed by atoms with Gasteiger partial charge in [-0.05, 0) is 37.1 Å². The van der Waals surface area contributed by atoms with Crippen molar-refractivity contribution in [3.05, 3.63) is 59.1 Å². The Kier molecular flexibility index (Phi) is 8.57. The lowest BCUT2D eigenvalue weighted by atomic mass is 10.2. The maximum absolute atomic E-state index is 10.2. The lowest BCUT2D eigenvalue weighted by Gasteiger charge is -2.05. The van der Waals surface area contributed by atoms with Gasteiger partial charge in [-0.15, -0.1) is 23.5 Å². The number of nitrogens with zero attached hydrogens (tertiary/aromatic N) is 1. The van der Waals surface area contributed by atoms with Crippen molar-refractivity contribution in [1.29, 1.82) is 0 Å². The highest BCUT2D eigenvalue weighted by atomic mass is 32.2. The predicted octanol–water partition coefficient (Wildman–Crippen LogP) is 5.16. The second kappa shape index (κ2) is 10.5. The van der Waals surface area contributed by atoms with Gasteiger partial charge in [-0.25, -0.2) is 8.42 Å². The zero-order valence-corrected chi connectivity index (χ0v) is 19.5. The molecule has 3 rings (SSSR count). The van der Waals surface area contributed by atoms with Gasteiger partial charge >= 0.3 is 0 Å². The molecular weight excluding hydrogens is 430 g/mol. The summed E-state index contributed by atoms with van der Waals surface area (Å²) in [5.41, 5.74) is 1.84. The third kappa shape index (κ3) is 6.35. The summed E-state index contributed by atoms with van der Waals surface area (Å²) < 4.78 is 34.4. The smallest absolute Gasteiger partial charge is 0.240 e. The highest BCUT2D eigenvalue weighted by molar-refractivity contribution is 8.01. The summed E-state index contributed by atoms with van der Waals surface area (Å²) in [5, 5.41) is 1.32. The highest BCUT2D eigenvalue weighted by Gasteiger charge is 2.17. The second-order valence-electron chi connectivity index (χ2n) is 5.84. The van der Waals surface area contributed by atoms with Gasteiger partial charge in [-0.3, -0.25) is 0 Å². The van der Waals surface area contributed by atoms with Crippen molar-refractivity contribution in [2.24, 2.45) is 0 Å². The van der Waals surface area contributed by atoms with E-state index in [1.165, 1.54) is 25.0 Å². The molecule has 150 valence electrons. The average Bonchev–Trinajstić information content (AvgIpc) is 2.95. The van der Waals surface area contributed by atoms with Crippen LogP contribution in [0, 0.1) is 6.92 Å². The number of hydrogen-bond donors (Lipinski definition) is 0. The molecule has 4 nitrogen and oxygen atoms in total. The fourth-order valence-corrected chi connectivity index (χ4v) is 5.79. The van der Waals surface area contributed by atoms with Crippen molar-refractivity contribution < 1.29 is 17.5 Å². The molecule has 0 saturated heterocycles. The molecule has 8 heteroatoms. The van der Waals surface area contributed by atoms with Crippen LogP contribution in [0.2, 0.25) is 0 Å². The van der Waals surface area contributed by atoms with Crippen LogP contribution in [0.25, 0.3) is 16.4 Å². The van der Waals surface area contributed by atoms with Gasteiger partial charge in [-0.2, -0.15) is 4.57 Å². The second-order valence-corrected chi connectivity index (χ2v) is 10.2. The third-order valence-corrected chi connectivity index (χ3v) is 7.22. The van der Waals surface area contributed by atoms with Gasteiger partial charge in [-0.1, -0.05) is 41.7 Å². The molecule has 0 aliphatic carbocycles. The Morgan fingerprint density at radius 2 is 1.71 bits per heavy atom. The van der Waals surface area contributed by atoms with Crippen molar-refractivity contribution in [3.8, 4) is 0 Å². The number of rotatable bonds is 5. The normalized spacial score (nSPS) is 11.6. The van der Waals surface area contributed by atoms with Gasteiger partial charge in [0.25, 0.3) is 0 Å². The van der Waals surface area contributed by atoms with Crippen LogP contribution in [0.5, 0.6) is 0 Å². The number of hydrogen-bond acceptors (Lipinski definition) is 6. The molecule has 28 heavy (non-hydrogen) atoms. The monoisotopic (exact) mass is 453 g/mol. The van der Waals surface area contributed by atoms with Gasteiger partial charge in [0, 0.05) is 22.8 Å². The quantitative estimate of drug-likeness (QED) is 0.303. The summed E-state index contributed by atoms with van der Waals surface area (Å²) in [7, 11) is -4.13. The lowest BCUT2D eigenvalue weighted by molar-refractivity contribution is -0.541. The first-order valence-corrected chi connectivity index (χ1v) is 13.3. The van der Waals surface area contributed by atoms with Crippen molar-refractivity contribution in [2.45, 2.75) is 29.4 Å². The minimum Gasteiger partial charge on any atom is -0.748 e. The maximum atomic E-state index is 10.2. The highest BCUT2D eigenvalue weighted by Crippen LogP contribution is 2.33. The largest absolute Gasteiger partial charge is 0.748 e. The summed E-state index contributed by atoms with van der Waals surface area (Å²) in [6.45, 7) is 4.23. The molecule has 3 aromatic rings. The molecule has 0 saturated carbocycles. The van der Waals surface area contributed by atoms with Crippen molar-refractivity contribution in [3.63, 3.8) is 0 Å². The summed E-state index contributed by atoms with van der Waals surface area (Å²) >= 11 is 5.50. The zero-order valence-electron chi connectivity index (χ0n) is 16.2. The Morgan fingerprint density at radius 3 is 2.25 bits per heavy atom. The fraction of sp³-hybridized carbons (Fsp3) is 0.250. The third-order valence-electron chi connectivity index (χ3n) is 3.81. The SMILES string of the molecule is CC=C[n+]1c(C)sc2cc(SC)c(SC)cc21.O=S(=O)([O-])Cc1ccccc1. The van der Waals surface area contributed by atoms with Crippen molar-refractivity contribution in [1.82, 2.24) is 0 Å². The van der Waals surface area contributed by atoms with Gasteiger partial charge < -0.3 is 4.55 Å². The van der Waals surface area contributed by atoms with Crippen LogP contribution < -0.4 is 4.57 Å². The van der Waals surface area contributed by atoms with Crippen LogP contribution in [0.4, 0.5) is 0 Å². The number of aryl methyl sites for hydroxylation is 1. The number of allylic oxidation sites excluding steroid dienone is 1. The number of thioether (sulfide) groups is 2. The van der Waals surface area contributed by atoms with E-state index in [-0.39, 0.29) is 0 Å². The molecule has 2 aromatic carbocycles. The van der Waals surface area contributed by atoms with E-state index in [2.05, 4.69) is 55.3 Å². The van der Waals surface area contributed by atoms with Gasteiger partial charge in [0.05, 0.1) is 15.9 Å². The molecule has 0 fully saturated rings. The van der Waals surface area contributed by atoms with E-state index in [1.807, 2.05) is 34.9 Å². The maximum Gasteiger partial charge on any atom is 0.240 e. The van der Waals surface area contributed by atoms with E-state index < -0.39 is 15.9 Å². The first-order chi connectivity index (χ1) is 13.3. The number of thiazole rings is 1. The predicted molar refractivity (Wildman–Crippen MR) is 121 cm³/mol. The first-order valence-electron chi connectivity index (χ1n) is 8.46. The topological polar surface area (TPSA) is 61.1 Å². The Bertz CT molecular complexity index is 1060. The number of benzene rings is 2. The molecule has 1 heterocycles. The molecule has 0 spiro atoms. The molecule has 0 unspecified atom stereocenters. The van der Waals surface area contributed by atoms with E-state index in [4.69, 9.17) is 0 Å². The van der Waals surface area contributed by atoms with Crippen molar-refractivity contribution in [2.75, 3.05) is 12.5 Å². The molecule has 1 aromatic heterocycles. The lowest BCUT2D eigenvalue weighted by Crippen LogP contribution is -2.26.